The van der Waals surface area contributed by atoms with Crippen LogP contribution in [0.2, 0.25) is 0 Å². The highest BCUT2D eigenvalue weighted by molar-refractivity contribution is 5.80. The van der Waals surface area contributed by atoms with Crippen LogP contribution >= 0.6 is 0 Å². The second kappa shape index (κ2) is 10.7. The molecule has 0 N–H and O–H groups in total. The van der Waals surface area contributed by atoms with Crippen molar-refractivity contribution in [3.8, 4) is 45.7 Å². The van der Waals surface area contributed by atoms with Crippen molar-refractivity contribution in [2.45, 2.75) is 0 Å². The standard InChI is InChI=1S/C28H28N2O5/c1-31-21-15-13-20(14-16-21)30-23(28-26(34-4)10-7-11-27(28)35-5)18-19(29-30)12-17-22-24(32-2)8-6-9-25(22)33-3/h6-18H,1-5H3. The first-order chi connectivity index (χ1) is 17.1. The molecule has 0 aliphatic heterocycles. The lowest BCUT2D eigenvalue weighted by Gasteiger charge is -2.14. The molecule has 0 amide bonds. The summed E-state index contributed by atoms with van der Waals surface area (Å²) in [6.45, 7) is 0. The van der Waals surface area contributed by atoms with E-state index in [0.717, 1.165) is 34.0 Å². The van der Waals surface area contributed by atoms with Crippen LogP contribution in [0.15, 0.2) is 66.7 Å². The third-order valence-electron chi connectivity index (χ3n) is 5.62. The lowest BCUT2D eigenvalue weighted by molar-refractivity contribution is 0.392. The van der Waals surface area contributed by atoms with Gasteiger partial charge in [0.1, 0.15) is 28.7 Å². The van der Waals surface area contributed by atoms with Crippen LogP contribution in [0.25, 0.3) is 29.1 Å². The summed E-state index contributed by atoms with van der Waals surface area (Å²) in [5, 5.41) is 4.89. The van der Waals surface area contributed by atoms with E-state index in [0.29, 0.717) is 23.0 Å². The van der Waals surface area contributed by atoms with Gasteiger partial charge in [-0.3, -0.25) is 0 Å². The van der Waals surface area contributed by atoms with E-state index in [-0.39, 0.29) is 0 Å². The first kappa shape index (κ1) is 23.8. The van der Waals surface area contributed by atoms with Crippen LogP contribution in [-0.2, 0) is 0 Å². The van der Waals surface area contributed by atoms with Crippen molar-refractivity contribution >= 4 is 12.2 Å². The van der Waals surface area contributed by atoms with Gasteiger partial charge in [0.05, 0.1) is 63.8 Å². The SMILES string of the molecule is COc1ccc(-n2nc(C=Cc3c(OC)cccc3OC)cc2-c2c(OC)cccc2OC)cc1. The van der Waals surface area contributed by atoms with Crippen LogP contribution in [0.1, 0.15) is 11.3 Å². The summed E-state index contributed by atoms with van der Waals surface area (Å²) in [7, 11) is 8.19. The number of hydrogen-bond acceptors (Lipinski definition) is 6. The monoisotopic (exact) mass is 472 g/mol. The molecule has 0 spiro atoms. The highest BCUT2D eigenvalue weighted by atomic mass is 16.5. The summed E-state index contributed by atoms with van der Waals surface area (Å²) in [4.78, 5) is 0. The van der Waals surface area contributed by atoms with E-state index in [1.54, 1.807) is 35.5 Å². The Morgan fingerprint density at radius 3 is 1.69 bits per heavy atom. The first-order valence-electron chi connectivity index (χ1n) is 11.0. The summed E-state index contributed by atoms with van der Waals surface area (Å²) < 4.78 is 29.6. The van der Waals surface area contributed by atoms with E-state index in [1.807, 2.05) is 83.6 Å². The molecule has 0 aliphatic rings. The molecule has 3 aromatic carbocycles. The predicted molar refractivity (Wildman–Crippen MR) is 137 cm³/mol. The highest BCUT2D eigenvalue weighted by Gasteiger charge is 2.19. The van der Waals surface area contributed by atoms with Crippen molar-refractivity contribution in [2.24, 2.45) is 0 Å². The molecule has 7 heteroatoms. The van der Waals surface area contributed by atoms with Gasteiger partial charge in [-0.15, -0.1) is 0 Å². The van der Waals surface area contributed by atoms with Crippen LogP contribution in [0.3, 0.4) is 0 Å². The van der Waals surface area contributed by atoms with E-state index >= 15 is 0 Å². The Balaban J connectivity index is 1.88. The summed E-state index contributed by atoms with van der Waals surface area (Å²) >= 11 is 0. The van der Waals surface area contributed by atoms with E-state index in [2.05, 4.69) is 0 Å². The van der Waals surface area contributed by atoms with Gasteiger partial charge in [-0.1, -0.05) is 12.1 Å². The fraction of sp³-hybridized carbons (Fsp3) is 0.179. The maximum atomic E-state index is 5.68. The minimum absolute atomic E-state index is 0.681. The highest BCUT2D eigenvalue weighted by Crippen LogP contribution is 2.40. The van der Waals surface area contributed by atoms with Crippen molar-refractivity contribution in [2.75, 3.05) is 35.5 Å². The minimum Gasteiger partial charge on any atom is -0.497 e. The Morgan fingerprint density at radius 1 is 0.629 bits per heavy atom. The Hall–Kier alpha value is -4.39. The lowest BCUT2D eigenvalue weighted by Crippen LogP contribution is -2.02. The predicted octanol–water partition coefficient (Wildman–Crippen LogP) is 5.75. The maximum Gasteiger partial charge on any atom is 0.132 e. The normalized spacial score (nSPS) is 10.9. The molecule has 1 heterocycles. The first-order valence-corrected chi connectivity index (χ1v) is 11.0. The average Bonchev–Trinajstić information content (AvgIpc) is 3.34. The molecular formula is C28H28N2O5. The van der Waals surface area contributed by atoms with Crippen LogP contribution < -0.4 is 23.7 Å². The van der Waals surface area contributed by atoms with Crippen LogP contribution in [-0.4, -0.2) is 45.3 Å². The molecule has 0 aliphatic carbocycles. The molecule has 0 unspecified atom stereocenters. The summed E-state index contributed by atoms with van der Waals surface area (Å²) in [6.07, 6.45) is 3.85. The third kappa shape index (κ3) is 4.80. The van der Waals surface area contributed by atoms with Crippen LogP contribution in [0, 0.1) is 0 Å². The molecule has 0 bridgehead atoms. The number of aromatic nitrogens is 2. The van der Waals surface area contributed by atoms with Crippen molar-refractivity contribution in [3.05, 3.63) is 78.0 Å². The van der Waals surface area contributed by atoms with Crippen molar-refractivity contribution in [1.82, 2.24) is 9.78 Å². The van der Waals surface area contributed by atoms with Crippen molar-refractivity contribution in [1.29, 1.82) is 0 Å². The molecule has 35 heavy (non-hydrogen) atoms. The molecular weight excluding hydrogens is 444 g/mol. The van der Waals surface area contributed by atoms with E-state index in [4.69, 9.17) is 28.8 Å². The second-order valence-electron chi connectivity index (χ2n) is 7.51. The van der Waals surface area contributed by atoms with Gasteiger partial charge in [0.15, 0.2) is 0 Å². The fourth-order valence-electron chi connectivity index (χ4n) is 3.90. The van der Waals surface area contributed by atoms with Crippen molar-refractivity contribution in [3.63, 3.8) is 0 Å². The van der Waals surface area contributed by atoms with Gasteiger partial charge in [0, 0.05) is 0 Å². The molecule has 0 atom stereocenters. The number of ether oxygens (including phenoxy) is 5. The van der Waals surface area contributed by atoms with Gasteiger partial charge >= 0.3 is 0 Å². The van der Waals surface area contributed by atoms with Gasteiger partial charge in [0.25, 0.3) is 0 Å². The molecule has 0 saturated carbocycles. The summed E-state index contributed by atoms with van der Waals surface area (Å²) in [6, 6.07) is 21.1. The molecule has 180 valence electrons. The van der Waals surface area contributed by atoms with Crippen LogP contribution in [0.4, 0.5) is 0 Å². The number of hydrogen-bond donors (Lipinski definition) is 0. The van der Waals surface area contributed by atoms with E-state index in [9.17, 15) is 0 Å². The zero-order chi connectivity index (χ0) is 24.8. The zero-order valence-electron chi connectivity index (χ0n) is 20.4. The molecule has 4 aromatic rings. The number of nitrogens with zero attached hydrogens (tertiary/aromatic N) is 2. The van der Waals surface area contributed by atoms with E-state index in [1.165, 1.54) is 0 Å². The van der Waals surface area contributed by atoms with Gasteiger partial charge < -0.3 is 23.7 Å². The zero-order valence-corrected chi connectivity index (χ0v) is 20.4. The molecule has 0 radical (unpaired) electrons. The Bertz CT molecular complexity index is 1280. The van der Waals surface area contributed by atoms with Gasteiger partial charge in [0.2, 0.25) is 0 Å². The van der Waals surface area contributed by atoms with Gasteiger partial charge in [-0.2, -0.15) is 5.10 Å². The lowest BCUT2D eigenvalue weighted by atomic mass is 10.1. The Morgan fingerprint density at radius 2 is 1.17 bits per heavy atom. The number of rotatable bonds is 9. The van der Waals surface area contributed by atoms with E-state index < -0.39 is 0 Å². The molecule has 0 saturated heterocycles. The topological polar surface area (TPSA) is 64.0 Å². The largest absolute Gasteiger partial charge is 0.497 e. The molecule has 0 fully saturated rings. The molecule has 4 rings (SSSR count). The van der Waals surface area contributed by atoms with Crippen LogP contribution in [0.5, 0.6) is 28.7 Å². The fourth-order valence-corrected chi connectivity index (χ4v) is 3.90. The van der Waals surface area contributed by atoms with Gasteiger partial charge in [-0.25, -0.2) is 4.68 Å². The molecule has 1 aromatic heterocycles. The van der Waals surface area contributed by atoms with Gasteiger partial charge in [-0.05, 0) is 66.7 Å². The average molecular weight is 473 g/mol. The number of methoxy groups -OCH3 is 5. The maximum absolute atomic E-state index is 5.68. The quantitative estimate of drug-likeness (QED) is 0.309. The second-order valence-corrected chi connectivity index (χ2v) is 7.51. The van der Waals surface area contributed by atoms with Crippen molar-refractivity contribution < 1.29 is 23.7 Å². The summed E-state index contributed by atoms with van der Waals surface area (Å²) in [5.41, 5.74) is 4.04. The Labute approximate surface area is 205 Å². The number of benzene rings is 3. The summed E-state index contributed by atoms with van der Waals surface area (Å²) in [5.74, 6) is 3.55. The molecule has 7 nitrogen and oxygen atoms in total. The third-order valence-corrected chi connectivity index (χ3v) is 5.62. The Kier molecular flexibility index (Phi) is 7.26. The smallest absolute Gasteiger partial charge is 0.132 e. The minimum atomic E-state index is 0.681.